The molecule has 0 bridgehead atoms. The molecule has 1 atom stereocenters. The van der Waals surface area contributed by atoms with Crippen molar-refractivity contribution in [2.45, 2.75) is 19.4 Å². The maximum atomic E-state index is 15.0. The minimum absolute atomic E-state index is 0.141. The van der Waals surface area contributed by atoms with Crippen molar-refractivity contribution in [1.82, 2.24) is 9.38 Å². The van der Waals surface area contributed by atoms with Crippen molar-refractivity contribution >= 4 is 48.7 Å². The van der Waals surface area contributed by atoms with Gasteiger partial charge in [0.05, 0.1) is 16.3 Å². The fourth-order valence-corrected chi connectivity index (χ4v) is 5.89. The fraction of sp³-hybridized carbons (Fsp3) is 0.125. The van der Waals surface area contributed by atoms with Crippen LogP contribution in [0.2, 0.25) is 5.02 Å². The van der Waals surface area contributed by atoms with Crippen molar-refractivity contribution in [2.75, 3.05) is 7.05 Å². The first-order valence-electron chi connectivity index (χ1n) is 12.8. The fourth-order valence-electron chi connectivity index (χ4n) is 5.25. The predicted octanol–water partition coefficient (Wildman–Crippen LogP) is 8.26. The van der Waals surface area contributed by atoms with Crippen LogP contribution >= 0.6 is 23.2 Å². The van der Waals surface area contributed by atoms with Crippen LogP contribution in [0.5, 0.6) is 0 Å². The van der Waals surface area contributed by atoms with Crippen LogP contribution in [0.3, 0.4) is 0 Å². The number of hydrogen-bond donors (Lipinski definition) is 0. The van der Waals surface area contributed by atoms with E-state index < -0.39 is 12.9 Å². The maximum absolute atomic E-state index is 15.0. The summed E-state index contributed by atoms with van der Waals surface area (Å²) in [5.74, 6) is 0. The number of allylic oxidation sites excluding steroid dienone is 1. The number of benzene rings is 3. The van der Waals surface area contributed by atoms with Gasteiger partial charge < -0.3 is 9.38 Å². The molecule has 1 unspecified atom stereocenters. The maximum Gasteiger partial charge on any atom is 0.678 e. The number of rotatable bonds is 7. The summed E-state index contributed by atoms with van der Waals surface area (Å²) in [7, 11) is -1.06. The molecule has 0 fully saturated rings. The number of aromatic nitrogens is 1. The van der Waals surface area contributed by atoms with E-state index >= 15 is 0 Å². The average molecular weight is 589 g/mol. The Morgan fingerprint density at radius 2 is 1.44 bits per heavy atom. The molecule has 0 saturated heterocycles. The monoisotopic (exact) mass is 588 g/mol. The van der Waals surface area contributed by atoms with Gasteiger partial charge >= 0.3 is 7.40 Å². The Hall–Kier alpha value is -3.94. The molecule has 5 rings (SSSR count). The van der Waals surface area contributed by atoms with E-state index in [1.165, 1.54) is 0 Å². The van der Waals surface area contributed by atoms with E-state index in [1.54, 1.807) is 48.5 Å². The summed E-state index contributed by atoms with van der Waals surface area (Å²) in [6, 6.07) is 22.6. The molecule has 4 aromatic rings. The molecule has 206 valence electrons. The summed E-state index contributed by atoms with van der Waals surface area (Å²) < 4.78 is 30.8. The Balaban J connectivity index is 1.78. The Kier molecular flexibility index (Phi) is 7.77. The van der Waals surface area contributed by atoms with Crippen LogP contribution < -0.4 is 0 Å². The van der Waals surface area contributed by atoms with Gasteiger partial charge in [-0.3, -0.25) is 18.2 Å². The topological polar surface area (TPSA) is 42.3 Å². The highest BCUT2D eigenvalue weighted by Gasteiger charge is 2.42. The number of nitrogens with zero attached hydrogens (tertiary/aromatic N) is 2. The molecule has 1 aromatic heterocycles. The Bertz CT molecular complexity index is 1700. The van der Waals surface area contributed by atoms with Gasteiger partial charge in [0.25, 0.3) is 0 Å². The third-order valence-electron chi connectivity index (χ3n) is 7.73. The van der Waals surface area contributed by atoms with E-state index in [4.69, 9.17) is 23.2 Å². The van der Waals surface area contributed by atoms with Gasteiger partial charge in [-0.05, 0) is 42.7 Å². The van der Waals surface area contributed by atoms with Gasteiger partial charge in [-0.25, -0.2) is 0 Å². The number of aldehydes is 2. The van der Waals surface area contributed by atoms with Crippen LogP contribution in [0.15, 0.2) is 95.7 Å². The normalized spacial score (nSPS) is 17.8. The molecule has 0 aliphatic carbocycles. The first-order chi connectivity index (χ1) is 19.6. The highest BCUT2D eigenvalue weighted by atomic mass is 35.5. The smallest absolute Gasteiger partial charge is 0.360 e. The second-order valence-corrected chi connectivity index (χ2v) is 10.9. The van der Waals surface area contributed by atoms with Gasteiger partial charge in [0.2, 0.25) is 0 Å². The minimum Gasteiger partial charge on any atom is -0.360 e. The van der Waals surface area contributed by atoms with Crippen molar-refractivity contribution in [3.8, 4) is 11.3 Å². The number of aryl methyl sites for hydroxylation is 1. The standard InChI is InChI=1S/C32H25BCl2F2N2O2/c1-20-4-10-23(11-5-20)30(27-17-29(35)32(2,38(27)3)25-14-8-22(19-41)9-15-25)28-16-26(34)31(39(28)33(36)37)24-12-6-21(18-40)7-13-24/h4-19H,1-3H3/b30-27-. The van der Waals surface area contributed by atoms with E-state index in [1.807, 2.05) is 62.2 Å². The molecule has 3 aromatic carbocycles. The van der Waals surface area contributed by atoms with Crippen LogP contribution in [0.4, 0.5) is 8.63 Å². The SMILES string of the molecule is Cc1ccc(/C(=C2\C=C(Cl)C(C)(c3ccc(C=O)cc3)N2C)c2cc(Cl)c(-c3ccc(C=O)cc3)n2B(F)F)cc1. The van der Waals surface area contributed by atoms with Crippen molar-refractivity contribution in [3.05, 3.63) is 134 Å². The molecule has 1 aliphatic rings. The number of carbonyl (C=O) groups is 2. The number of carbonyl (C=O) groups excluding carboxylic acids is 2. The Labute approximate surface area is 247 Å². The lowest BCUT2D eigenvalue weighted by atomic mass is 9.91. The van der Waals surface area contributed by atoms with E-state index in [-0.39, 0.29) is 16.4 Å². The average Bonchev–Trinajstić information content (AvgIpc) is 3.44. The van der Waals surface area contributed by atoms with Crippen molar-refractivity contribution < 1.29 is 18.2 Å². The molecule has 4 nitrogen and oxygen atoms in total. The van der Waals surface area contributed by atoms with Crippen molar-refractivity contribution in [3.63, 3.8) is 0 Å². The van der Waals surface area contributed by atoms with Crippen LogP contribution in [-0.4, -0.2) is 36.4 Å². The minimum atomic E-state index is -2.92. The molecule has 0 amide bonds. The van der Waals surface area contributed by atoms with Crippen LogP contribution in [0.1, 0.15) is 50.0 Å². The van der Waals surface area contributed by atoms with Gasteiger partial charge in [0.1, 0.15) is 12.6 Å². The van der Waals surface area contributed by atoms with Gasteiger partial charge in [0, 0.05) is 40.2 Å². The third kappa shape index (κ3) is 4.94. The highest BCUT2D eigenvalue weighted by molar-refractivity contribution is 6.44. The third-order valence-corrected chi connectivity index (χ3v) is 8.49. The zero-order valence-electron chi connectivity index (χ0n) is 22.5. The largest absolute Gasteiger partial charge is 0.678 e. The molecule has 9 heteroatoms. The van der Waals surface area contributed by atoms with Gasteiger partial charge in [-0.15, -0.1) is 0 Å². The molecule has 0 N–H and O–H groups in total. The number of hydrogen-bond acceptors (Lipinski definition) is 3. The second-order valence-electron chi connectivity index (χ2n) is 10.1. The van der Waals surface area contributed by atoms with Crippen LogP contribution in [0, 0.1) is 6.92 Å². The first-order valence-corrected chi connectivity index (χ1v) is 13.6. The predicted molar refractivity (Wildman–Crippen MR) is 162 cm³/mol. The summed E-state index contributed by atoms with van der Waals surface area (Å²) in [6.45, 7) is 3.90. The zero-order valence-corrected chi connectivity index (χ0v) is 24.0. The summed E-state index contributed by atoms with van der Waals surface area (Å²) in [6.07, 6.45) is 3.26. The molecule has 41 heavy (non-hydrogen) atoms. The summed E-state index contributed by atoms with van der Waals surface area (Å²) in [5, 5.41) is 0.636. The molecule has 1 aliphatic heterocycles. The Morgan fingerprint density at radius 1 is 0.878 bits per heavy atom. The highest BCUT2D eigenvalue weighted by Crippen LogP contribution is 2.49. The lowest BCUT2D eigenvalue weighted by Crippen LogP contribution is -2.37. The molecule has 0 spiro atoms. The number of halogens is 4. The molecular formula is C32H25BCl2F2N2O2. The lowest BCUT2D eigenvalue weighted by Gasteiger charge is -2.37. The van der Waals surface area contributed by atoms with E-state index in [0.29, 0.717) is 44.8 Å². The first kappa shape index (κ1) is 28.6. The summed E-state index contributed by atoms with van der Waals surface area (Å²) in [5.41, 5.74) is 4.65. The second kappa shape index (κ2) is 11.1. The molecule has 0 radical (unpaired) electrons. The van der Waals surface area contributed by atoms with Crippen molar-refractivity contribution in [1.29, 1.82) is 0 Å². The van der Waals surface area contributed by atoms with Crippen LogP contribution in [0.25, 0.3) is 16.8 Å². The lowest BCUT2D eigenvalue weighted by molar-refractivity contribution is 0.111. The molecule has 0 saturated carbocycles. The van der Waals surface area contributed by atoms with Crippen molar-refractivity contribution in [2.24, 2.45) is 0 Å². The number of likely N-dealkylation sites (N-methyl/N-ethyl adjacent to an activating group) is 1. The summed E-state index contributed by atoms with van der Waals surface area (Å²) >= 11 is 13.6. The summed E-state index contributed by atoms with van der Waals surface area (Å²) in [4.78, 5) is 24.4. The van der Waals surface area contributed by atoms with E-state index in [2.05, 4.69) is 0 Å². The quantitative estimate of drug-likeness (QED) is 0.161. The van der Waals surface area contributed by atoms with Gasteiger partial charge in [0.15, 0.2) is 0 Å². The van der Waals surface area contributed by atoms with Gasteiger partial charge in [-0.2, -0.15) is 0 Å². The van der Waals surface area contributed by atoms with Gasteiger partial charge in [-0.1, -0.05) is 102 Å². The zero-order chi connectivity index (χ0) is 29.5. The molecule has 2 heterocycles. The van der Waals surface area contributed by atoms with E-state index in [9.17, 15) is 18.2 Å². The molecular weight excluding hydrogens is 564 g/mol. The van der Waals surface area contributed by atoms with E-state index in [0.717, 1.165) is 21.9 Å². The van der Waals surface area contributed by atoms with Crippen LogP contribution in [-0.2, 0) is 5.54 Å². The Morgan fingerprint density at radius 3 is 1.98 bits per heavy atom.